The van der Waals surface area contributed by atoms with Gasteiger partial charge < -0.3 is 10.1 Å². The molecule has 1 aromatic carbocycles. The van der Waals surface area contributed by atoms with Crippen LogP contribution in [0.5, 0.6) is 0 Å². The van der Waals surface area contributed by atoms with E-state index in [1.54, 1.807) is 11.3 Å². The molecule has 1 heterocycles. The van der Waals surface area contributed by atoms with Gasteiger partial charge in [0.25, 0.3) is 5.91 Å². The van der Waals surface area contributed by atoms with Crippen molar-refractivity contribution in [3.8, 4) is 0 Å². The number of hydrogen-bond acceptors (Lipinski definition) is 5. The highest BCUT2D eigenvalue weighted by molar-refractivity contribution is 7.80. The molecule has 6 nitrogen and oxygen atoms in total. The number of thiocarbonyl (C=S) groups is 1. The Morgan fingerprint density at radius 3 is 2.93 bits per heavy atom. The second kappa shape index (κ2) is 9.43. The number of para-hydroxylation sites is 1. The van der Waals surface area contributed by atoms with E-state index < -0.39 is 0 Å². The quantitative estimate of drug-likeness (QED) is 0.523. The number of ether oxygens (including phenoxy) is 1. The van der Waals surface area contributed by atoms with E-state index >= 15 is 0 Å². The first-order valence-corrected chi connectivity index (χ1v) is 10.5. The van der Waals surface area contributed by atoms with Gasteiger partial charge in [0.15, 0.2) is 5.11 Å². The van der Waals surface area contributed by atoms with E-state index in [2.05, 4.69) is 35.0 Å². The van der Waals surface area contributed by atoms with Crippen LogP contribution in [0.4, 0.5) is 0 Å². The zero-order chi connectivity index (χ0) is 19.2. The number of amides is 1. The predicted octanol–water partition coefficient (Wildman–Crippen LogP) is 3.13. The number of fused-ring (bicyclic) bond motifs is 1. The fourth-order valence-electron chi connectivity index (χ4n) is 3.37. The molecule has 8 heteroatoms. The van der Waals surface area contributed by atoms with Gasteiger partial charge in [-0.3, -0.25) is 15.6 Å². The number of carbonyl (C=O) groups excluding carboxylic acids is 1. The molecule has 0 saturated heterocycles. The van der Waals surface area contributed by atoms with Gasteiger partial charge in [-0.25, -0.2) is 4.98 Å². The van der Waals surface area contributed by atoms with Gasteiger partial charge in [-0.15, -0.1) is 11.3 Å². The summed E-state index contributed by atoms with van der Waals surface area (Å²) in [4.78, 5) is 16.4. The molecule has 0 unspecified atom stereocenters. The van der Waals surface area contributed by atoms with E-state index in [1.165, 1.54) is 12.8 Å². The second-order valence-electron chi connectivity index (χ2n) is 7.09. The Hall–Kier alpha value is -1.77. The Morgan fingerprint density at radius 1 is 1.30 bits per heavy atom. The second-order valence-corrected chi connectivity index (χ2v) is 8.61. The first-order chi connectivity index (χ1) is 13.0. The summed E-state index contributed by atoms with van der Waals surface area (Å²) in [6.45, 7) is 4.79. The lowest BCUT2D eigenvalue weighted by Gasteiger charge is -2.35. The normalized spacial score (nSPS) is 22.4. The van der Waals surface area contributed by atoms with Gasteiger partial charge >= 0.3 is 0 Å². The Bertz CT molecular complexity index is 762. The summed E-state index contributed by atoms with van der Waals surface area (Å²) in [5, 5.41) is 4.61. The number of nitrogens with one attached hydrogen (secondary N) is 3. The molecule has 3 rings (SSSR count). The summed E-state index contributed by atoms with van der Waals surface area (Å²) in [7, 11) is 0. The van der Waals surface area contributed by atoms with Crippen molar-refractivity contribution in [2.45, 2.75) is 45.8 Å². The van der Waals surface area contributed by atoms with E-state index in [9.17, 15) is 4.79 Å². The maximum absolute atomic E-state index is 11.9. The number of hydrazine groups is 1. The highest BCUT2D eigenvalue weighted by atomic mass is 32.1. The molecule has 3 N–H and O–H groups in total. The molecule has 1 aliphatic rings. The molecule has 1 aromatic heterocycles. The fraction of sp³-hybridized carbons (Fsp3) is 0.526. The lowest BCUT2D eigenvalue weighted by Crippen LogP contribution is -2.53. The topological polar surface area (TPSA) is 75.3 Å². The molecule has 0 aliphatic heterocycles. The molecule has 27 heavy (non-hydrogen) atoms. The molecule has 1 amide bonds. The molecule has 1 saturated carbocycles. The monoisotopic (exact) mass is 406 g/mol. The number of hydrogen-bond donors (Lipinski definition) is 3. The van der Waals surface area contributed by atoms with E-state index in [0.717, 1.165) is 21.6 Å². The third kappa shape index (κ3) is 5.60. The molecule has 2 aromatic rings. The zero-order valence-electron chi connectivity index (χ0n) is 15.7. The number of aromatic nitrogens is 1. The van der Waals surface area contributed by atoms with E-state index in [4.69, 9.17) is 17.0 Å². The number of benzene rings is 1. The molecule has 0 spiro atoms. The number of nitrogens with zero attached hydrogens (tertiary/aromatic N) is 1. The minimum atomic E-state index is -0.273. The Morgan fingerprint density at radius 2 is 2.11 bits per heavy atom. The van der Waals surface area contributed by atoms with Crippen LogP contribution < -0.4 is 16.2 Å². The molecule has 0 radical (unpaired) electrons. The van der Waals surface area contributed by atoms with Crippen LogP contribution in [0.2, 0.25) is 0 Å². The number of rotatable bonds is 5. The van der Waals surface area contributed by atoms with Crippen LogP contribution in [-0.2, 0) is 16.1 Å². The predicted molar refractivity (Wildman–Crippen MR) is 112 cm³/mol. The van der Waals surface area contributed by atoms with Crippen LogP contribution >= 0.6 is 23.6 Å². The van der Waals surface area contributed by atoms with Crippen LogP contribution in [0.15, 0.2) is 24.3 Å². The molecular formula is C19H26N4O2S2. The molecule has 0 bridgehead atoms. The average Bonchev–Trinajstić information content (AvgIpc) is 3.06. The highest BCUT2D eigenvalue weighted by Gasteiger charge is 2.27. The maximum atomic E-state index is 11.9. The third-order valence-electron chi connectivity index (χ3n) is 5.14. The Kier molecular flexibility index (Phi) is 6.98. The van der Waals surface area contributed by atoms with E-state index in [-0.39, 0.29) is 12.5 Å². The van der Waals surface area contributed by atoms with Gasteiger partial charge in [0.05, 0.1) is 16.8 Å². The molecule has 1 fully saturated rings. The minimum Gasteiger partial charge on any atom is -0.364 e. The number of thiazole rings is 1. The van der Waals surface area contributed by atoms with E-state index in [1.807, 2.05) is 24.3 Å². The summed E-state index contributed by atoms with van der Waals surface area (Å²) in [5.74, 6) is 0.973. The van der Waals surface area contributed by atoms with Crippen LogP contribution in [-0.4, -0.2) is 28.7 Å². The van der Waals surface area contributed by atoms with Gasteiger partial charge in [-0.05, 0) is 42.6 Å². The highest BCUT2D eigenvalue weighted by Crippen LogP contribution is 2.29. The number of carbonyl (C=O) groups is 1. The van der Waals surface area contributed by atoms with Crippen LogP contribution in [0, 0.1) is 11.8 Å². The zero-order valence-corrected chi connectivity index (χ0v) is 17.3. The van der Waals surface area contributed by atoms with Gasteiger partial charge in [0.1, 0.15) is 11.6 Å². The van der Waals surface area contributed by atoms with E-state index in [0.29, 0.717) is 29.6 Å². The average molecular weight is 407 g/mol. The first kappa shape index (κ1) is 20.0. The van der Waals surface area contributed by atoms with Crippen LogP contribution in [0.3, 0.4) is 0 Å². The standard InChI is InChI=1S/C19H26N4O2S2/c1-12-6-5-8-14(13(12)2)21-19(26)23-22-17(24)10-25-11-18-20-15-7-3-4-9-16(15)27-18/h3-4,7,9,12-14H,5-6,8,10-11H2,1-2H3,(H,22,24)(H2,21,23,26)/t12-,13+,14+/m0/s1. The Balaban J connectivity index is 1.35. The van der Waals surface area contributed by atoms with Gasteiger partial charge in [0, 0.05) is 6.04 Å². The molecular weight excluding hydrogens is 380 g/mol. The third-order valence-corrected chi connectivity index (χ3v) is 6.37. The fourth-order valence-corrected chi connectivity index (χ4v) is 4.47. The van der Waals surface area contributed by atoms with Crippen molar-refractivity contribution >= 4 is 44.8 Å². The summed E-state index contributed by atoms with van der Waals surface area (Å²) >= 11 is 6.86. The van der Waals surface area contributed by atoms with Crippen molar-refractivity contribution in [2.75, 3.05) is 6.61 Å². The summed E-state index contributed by atoms with van der Waals surface area (Å²) < 4.78 is 6.57. The first-order valence-electron chi connectivity index (χ1n) is 9.30. The minimum absolute atomic E-state index is 0.0532. The van der Waals surface area contributed by atoms with Crippen LogP contribution in [0.25, 0.3) is 10.2 Å². The largest absolute Gasteiger partial charge is 0.364 e. The van der Waals surface area contributed by atoms with Crippen LogP contribution in [0.1, 0.15) is 38.1 Å². The van der Waals surface area contributed by atoms with Crippen molar-refractivity contribution < 1.29 is 9.53 Å². The maximum Gasteiger partial charge on any atom is 0.264 e. The molecule has 146 valence electrons. The van der Waals surface area contributed by atoms with Gasteiger partial charge in [-0.1, -0.05) is 38.8 Å². The van der Waals surface area contributed by atoms with Gasteiger partial charge in [0.2, 0.25) is 0 Å². The van der Waals surface area contributed by atoms with Crippen molar-refractivity contribution in [1.82, 2.24) is 21.2 Å². The van der Waals surface area contributed by atoms with Crippen molar-refractivity contribution in [3.05, 3.63) is 29.3 Å². The van der Waals surface area contributed by atoms with Gasteiger partial charge in [-0.2, -0.15) is 0 Å². The summed E-state index contributed by atoms with van der Waals surface area (Å²) in [6.07, 6.45) is 3.58. The van der Waals surface area contributed by atoms with Crippen molar-refractivity contribution in [1.29, 1.82) is 0 Å². The lowest BCUT2D eigenvalue weighted by atomic mass is 9.78. The van der Waals surface area contributed by atoms with Crippen molar-refractivity contribution in [2.24, 2.45) is 11.8 Å². The Labute approximate surface area is 169 Å². The summed E-state index contributed by atoms with van der Waals surface area (Å²) in [6, 6.07) is 8.27. The molecule has 1 aliphatic carbocycles. The SMILES string of the molecule is C[C@@H]1[C@@H](C)CCC[C@H]1NC(=S)NNC(=O)COCc1nc2ccccc2s1. The molecule has 3 atom stereocenters. The van der Waals surface area contributed by atoms with Crippen molar-refractivity contribution in [3.63, 3.8) is 0 Å². The lowest BCUT2D eigenvalue weighted by molar-refractivity contribution is -0.126. The summed E-state index contributed by atoms with van der Waals surface area (Å²) in [5.41, 5.74) is 6.29. The smallest absolute Gasteiger partial charge is 0.264 e.